The van der Waals surface area contributed by atoms with Gasteiger partial charge in [0.1, 0.15) is 17.5 Å². The van der Waals surface area contributed by atoms with E-state index in [1.54, 1.807) is 4.90 Å². The summed E-state index contributed by atoms with van der Waals surface area (Å²) >= 11 is 0. The summed E-state index contributed by atoms with van der Waals surface area (Å²) in [4.78, 5) is 29.4. The number of ether oxygens (including phenoxy) is 2. The summed E-state index contributed by atoms with van der Waals surface area (Å²) < 4.78 is 11.7. The average molecular weight is 508 g/mol. The molecule has 0 spiro atoms. The van der Waals surface area contributed by atoms with Crippen LogP contribution < -0.4 is 10.1 Å². The number of nitrogens with zero attached hydrogens (tertiary/aromatic N) is 2. The number of aryl methyl sites for hydroxylation is 1. The molecule has 0 radical (unpaired) electrons. The zero-order valence-electron chi connectivity index (χ0n) is 22.7. The van der Waals surface area contributed by atoms with E-state index in [-0.39, 0.29) is 24.1 Å². The minimum Gasteiger partial charge on any atom is -0.490 e. The Morgan fingerprint density at radius 2 is 1.62 bits per heavy atom. The molecule has 2 aromatic carbocycles. The topological polar surface area (TPSA) is 71.1 Å². The molecule has 2 saturated heterocycles. The summed E-state index contributed by atoms with van der Waals surface area (Å²) in [7, 11) is 0. The van der Waals surface area contributed by atoms with Gasteiger partial charge in [-0.05, 0) is 69.9 Å². The first-order valence-corrected chi connectivity index (χ1v) is 13.5. The van der Waals surface area contributed by atoms with Crippen LogP contribution in [0.15, 0.2) is 48.5 Å². The zero-order chi connectivity index (χ0) is 26.4. The van der Waals surface area contributed by atoms with E-state index < -0.39 is 5.60 Å². The van der Waals surface area contributed by atoms with Gasteiger partial charge in [0.25, 0.3) is 5.91 Å². The van der Waals surface area contributed by atoms with E-state index in [1.807, 2.05) is 52.0 Å². The number of benzene rings is 2. The first kappa shape index (κ1) is 27.0. The third kappa shape index (κ3) is 7.96. The Morgan fingerprint density at radius 1 is 0.946 bits per heavy atom. The summed E-state index contributed by atoms with van der Waals surface area (Å²) in [5.74, 6) is 0.767. The second-order valence-electron chi connectivity index (χ2n) is 11.3. The molecule has 2 heterocycles. The standard InChI is InChI=1S/C30H41N3O4/c1-22-20-24(28(34)31-25-12-16-32(17-13-25)21-23-8-6-5-7-9-23)10-11-27(22)36-26-14-18-33(19-15-26)29(35)37-30(2,3)4/h5-11,20,25-26H,12-19,21H2,1-4H3,(H,31,34). The maximum absolute atomic E-state index is 12.9. The van der Waals surface area contributed by atoms with Crippen molar-refractivity contribution in [1.29, 1.82) is 0 Å². The molecule has 2 aliphatic heterocycles. The predicted octanol–water partition coefficient (Wildman–Crippen LogP) is 5.17. The van der Waals surface area contributed by atoms with E-state index in [4.69, 9.17) is 9.47 Å². The van der Waals surface area contributed by atoms with Crippen LogP contribution in [-0.2, 0) is 11.3 Å². The highest BCUT2D eigenvalue weighted by atomic mass is 16.6. The third-order valence-electron chi connectivity index (χ3n) is 7.00. The van der Waals surface area contributed by atoms with Gasteiger partial charge in [-0.1, -0.05) is 30.3 Å². The Morgan fingerprint density at radius 3 is 2.24 bits per heavy atom. The second-order valence-corrected chi connectivity index (χ2v) is 11.3. The number of piperidine rings is 2. The molecule has 7 nitrogen and oxygen atoms in total. The largest absolute Gasteiger partial charge is 0.490 e. The predicted molar refractivity (Wildman–Crippen MR) is 145 cm³/mol. The highest BCUT2D eigenvalue weighted by Gasteiger charge is 2.28. The van der Waals surface area contributed by atoms with Crippen LogP contribution in [-0.4, -0.2) is 65.7 Å². The minimum absolute atomic E-state index is 0.0261. The third-order valence-corrected chi connectivity index (χ3v) is 7.00. The molecule has 1 N–H and O–H groups in total. The molecular weight excluding hydrogens is 466 g/mol. The lowest BCUT2D eigenvalue weighted by Crippen LogP contribution is -2.44. The van der Waals surface area contributed by atoms with Crippen molar-refractivity contribution in [3.63, 3.8) is 0 Å². The first-order chi connectivity index (χ1) is 17.7. The molecule has 0 atom stereocenters. The van der Waals surface area contributed by atoms with Gasteiger partial charge in [-0.3, -0.25) is 9.69 Å². The Bertz CT molecular complexity index is 1050. The van der Waals surface area contributed by atoms with Crippen molar-refractivity contribution in [2.24, 2.45) is 0 Å². The Hall–Kier alpha value is -3.06. The minimum atomic E-state index is -0.491. The molecule has 0 aromatic heterocycles. The zero-order valence-corrected chi connectivity index (χ0v) is 22.7. The highest BCUT2D eigenvalue weighted by molar-refractivity contribution is 5.94. The van der Waals surface area contributed by atoms with Gasteiger partial charge in [0, 0.05) is 57.2 Å². The molecule has 2 amide bonds. The molecule has 37 heavy (non-hydrogen) atoms. The van der Waals surface area contributed by atoms with Gasteiger partial charge in [0.2, 0.25) is 0 Å². The maximum atomic E-state index is 12.9. The van der Waals surface area contributed by atoms with Gasteiger partial charge in [0.15, 0.2) is 0 Å². The van der Waals surface area contributed by atoms with Crippen LogP contribution in [0.2, 0.25) is 0 Å². The van der Waals surface area contributed by atoms with Crippen molar-refractivity contribution >= 4 is 12.0 Å². The summed E-state index contributed by atoms with van der Waals surface area (Å²) in [6.45, 7) is 11.8. The van der Waals surface area contributed by atoms with Crippen LogP contribution in [0.1, 0.15) is 67.9 Å². The van der Waals surface area contributed by atoms with Crippen molar-refractivity contribution in [2.75, 3.05) is 26.2 Å². The Labute approximate surface area is 221 Å². The lowest BCUT2D eigenvalue weighted by atomic mass is 10.0. The van der Waals surface area contributed by atoms with Crippen molar-refractivity contribution in [3.05, 3.63) is 65.2 Å². The molecule has 0 saturated carbocycles. The van der Waals surface area contributed by atoms with Crippen LogP contribution >= 0.6 is 0 Å². The number of likely N-dealkylation sites (tertiary alicyclic amines) is 2. The lowest BCUT2D eigenvalue weighted by molar-refractivity contribution is 0.0126. The van der Waals surface area contributed by atoms with E-state index in [2.05, 4.69) is 34.5 Å². The fourth-order valence-corrected chi connectivity index (χ4v) is 4.93. The van der Waals surface area contributed by atoms with Crippen molar-refractivity contribution in [3.8, 4) is 5.75 Å². The Balaban J connectivity index is 1.22. The van der Waals surface area contributed by atoms with Crippen LogP contribution in [0.4, 0.5) is 4.79 Å². The maximum Gasteiger partial charge on any atom is 0.410 e. The first-order valence-electron chi connectivity index (χ1n) is 13.5. The van der Waals surface area contributed by atoms with E-state index in [0.717, 1.165) is 56.6 Å². The summed E-state index contributed by atoms with van der Waals surface area (Å²) in [6, 6.07) is 16.4. The van der Waals surface area contributed by atoms with Gasteiger partial charge < -0.3 is 19.7 Å². The second kappa shape index (κ2) is 12.0. The van der Waals surface area contributed by atoms with E-state index in [9.17, 15) is 9.59 Å². The number of hydrogen-bond donors (Lipinski definition) is 1. The summed E-state index contributed by atoms with van der Waals surface area (Å²) in [6.07, 6.45) is 3.20. The van der Waals surface area contributed by atoms with Crippen molar-refractivity contribution in [1.82, 2.24) is 15.1 Å². The summed E-state index contributed by atoms with van der Waals surface area (Å²) in [5.41, 5.74) is 2.45. The lowest BCUT2D eigenvalue weighted by Gasteiger charge is -2.33. The molecular formula is C30H41N3O4. The molecule has 4 rings (SSSR count). The molecule has 0 bridgehead atoms. The number of rotatable bonds is 6. The van der Waals surface area contributed by atoms with E-state index >= 15 is 0 Å². The van der Waals surface area contributed by atoms with Crippen LogP contribution in [0.5, 0.6) is 5.75 Å². The smallest absolute Gasteiger partial charge is 0.410 e. The van der Waals surface area contributed by atoms with Gasteiger partial charge >= 0.3 is 6.09 Å². The molecule has 2 aliphatic rings. The van der Waals surface area contributed by atoms with Gasteiger partial charge in [-0.25, -0.2) is 4.79 Å². The van der Waals surface area contributed by atoms with Crippen molar-refractivity contribution in [2.45, 2.75) is 77.7 Å². The van der Waals surface area contributed by atoms with Gasteiger partial charge in [0.05, 0.1) is 0 Å². The quantitative estimate of drug-likeness (QED) is 0.584. The van der Waals surface area contributed by atoms with E-state index in [0.29, 0.717) is 18.7 Å². The summed E-state index contributed by atoms with van der Waals surface area (Å²) in [5, 5.41) is 3.22. The SMILES string of the molecule is Cc1cc(C(=O)NC2CCN(Cc3ccccc3)CC2)ccc1OC1CCN(C(=O)OC(C)(C)C)CC1. The average Bonchev–Trinajstić information content (AvgIpc) is 2.86. The molecule has 0 unspecified atom stereocenters. The van der Waals surface area contributed by atoms with Crippen LogP contribution in [0.25, 0.3) is 0 Å². The van der Waals surface area contributed by atoms with Gasteiger partial charge in [-0.2, -0.15) is 0 Å². The molecule has 7 heteroatoms. The molecule has 0 aliphatic carbocycles. The normalized spacial score (nSPS) is 17.9. The van der Waals surface area contributed by atoms with Crippen LogP contribution in [0, 0.1) is 6.92 Å². The van der Waals surface area contributed by atoms with Crippen LogP contribution in [0.3, 0.4) is 0 Å². The number of hydrogen-bond acceptors (Lipinski definition) is 5. The highest BCUT2D eigenvalue weighted by Crippen LogP contribution is 2.25. The number of carbonyl (C=O) groups excluding carboxylic acids is 2. The molecule has 2 aromatic rings. The molecule has 200 valence electrons. The number of nitrogens with one attached hydrogen (secondary N) is 1. The number of carbonyl (C=O) groups is 2. The monoisotopic (exact) mass is 507 g/mol. The molecule has 2 fully saturated rings. The Kier molecular flexibility index (Phi) is 8.75. The number of amides is 2. The van der Waals surface area contributed by atoms with E-state index in [1.165, 1.54) is 5.56 Å². The fraction of sp³-hybridized carbons (Fsp3) is 0.533. The van der Waals surface area contributed by atoms with Crippen molar-refractivity contribution < 1.29 is 19.1 Å². The fourth-order valence-electron chi connectivity index (χ4n) is 4.93. The van der Waals surface area contributed by atoms with Gasteiger partial charge in [-0.15, -0.1) is 0 Å².